The molecule has 0 radical (unpaired) electrons. The fourth-order valence-corrected chi connectivity index (χ4v) is 5.47. The molecule has 1 saturated heterocycles. The molecule has 1 unspecified atom stereocenters. The minimum Gasteiger partial charge on any atom is -0.496 e. The van der Waals surface area contributed by atoms with E-state index in [1.54, 1.807) is 7.11 Å². The number of aromatic nitrogens is 2. The van der Waals surface area contributed by atoms with Gasteiger partial charge >= 0.3 is 5.97 Å². The summed E-state index contributed by atoms with van der Waals surface area (Å²) in [6.07, 6.45) is 5.29. The van der Waals surface area contributed by atoms with E-state index in [0.717, 1.165) is 54.0 Å². The Kier molecular flexibility index (Phi) is 6.31. The number of pyridine rings is 2. The molecule has 1 aromatic carbocycles. The first kappa shape index (κ1) is 25.0. The number of aliphatic hydroxyl groups excluding tert-OH is 1. The summed E-state index contributed by atoms with van der Waals surface area (Å²) in [7, 11) is 1.62. The zero-order valence-corrected chi connectivity index (χ0v) is 21.7. The molecule has 0 bridgehead atoms. The minimum absolute atomic E-state index is 0.0371. The van der Waals surface area contributed by atoms with Crippen LogP contribution >= 0.6 is 0 Å². The number of ether oxygens (including phenoxy) is 1. The van der Waals surface area contributed by atoms with Gasteiger partial charge in [-0.05, 0) is 54.5 Å². The van der Waals surface area contributed by atoms with E-state index >= 15 is 0 Å². The van der Waals surface area contributed by atoms with Crippen LogP contribution in [0, 0.1) is 5.41 Å². The van der Waals surface area contributed by atoms with E-state index in [-0.39, 0.29) is 23.1 Å². The number of fused-ring (bicyclic) bond motifs is 3. The lowest BCUT2D eigenvalue weighted by Crippen LogP contribution is -2.36. The van der Waals surface area contributed by atoms with Gasteiger partial charge in [-0.3, -0.25) is 4.79 Å². The molecular weight excluding hydrogens is 470 g/mol. The van der Waals surface area contributed by atoms with Crippen LogP contribution in [-0.2, 0) is 6.42 Å². The van der Waals surface area contributed by atoms with Gasteiger partial charge in [0.25, 0.3) is 0 Å². The van der Waals surface area contributed by atoms with Crippen LogP contribution in [0.1, 0.15) is 55.6 Å². The fraction of sp³-hybridized carbons (Fsp3) is 0.414. The van der Waals surface area contributed by atoms with Gasteiger partial charge in [-0.15, -0.1) is 0 Å². The second-order valence-electron chi connectivity index (χ2n) is 11.1. The molecule has 5 rings (SSSR count). The Bertz CT molecular complexity index is 1400. The van der Waals surface area contributed by atoms with Gasteiger partial charge < -0.3 is 24.4 Å². The Morgan fingerprint density at radius 1 is 1.11 bits per heavy atom. The first-order valence-electron chi connectivity index (χ1n) is 12.7. The second-order valence-corrected chi connectivity index (χ2v) is 11.1. The predicted octanol–water partition coefficient (Wildman–Crippen LogP) is 4.39. The standard InChI is InChI=1S/C29H33N3O5/c1-29(2,3)26-12-18-11-21(17-5-6-27(30-15-17)31-9-7-19(33)8-10-31)25(37-4)13-20(18)23-14-24(34)22(28(35)36)16-32(23)26/h5-6,11,13-16,19,26,33H,7-10,12H2,1-4H3,(H,35,36). The third-order valence-corrected chi connectivity index (χ3v) is 7.61. The zero-order valence-electron chi connectivity index (χ0n) is 21.7. The Labute approximate surface area is 216 Å². The van der Waals surface area contributed by atoms with Crippen LogP contribution in [0.25, 0.3) is 22.4 Å². The van der Waals surface area contributed by atoms with Crippen LogP contribution < -0.4 is 15.1 Å². The van der Waals surface area contributed by atoms with Gasteiger partial charge in [-0.25, -0.2) is 9.78 Å². The van der Waals surface area contributed by atoms with Crippen LogP contribution in [-0.4, -0.2) is 52.0 Å². The van der Waals surface area contributed by atoms with Crippen molar-refractivity contribution in [3.05, 3.63) is 64.1 Å². The summed E-state index contributed by atoms with van der Waals surface area (Å²) in [6, 6.07) is 9.50. The Hall–Kier alpha value is -3.65. The number of rotatable bonds is 4. The number of carbonyl (C=O) groups is 1. The average molecular weight is 504 g/mol. The van der Waals surface area contributed by atoms with Crippen molar-refractivity contribution in [2.75, 3.05) is 25.1 Å². The molecule has 1 fully saturated rings. The van der Waals surface area contributed by atoms with Crippen molar-refractivity contribution in [3.8, 4) is 28.1 Å². The first-order chi connectivity index (χ1) is 17.6. The van der Waals surface area contributed by atoms with E-state index in [4.69, 9.17) is 9.72 Å². The molecule has 8 heteroatoms. The fourth-order valence-electron chi connectivity index (χ4n) is 5.47. The van der Waals surface area contributed by atoms with E-state index in [2.05, 4.69) is 31.7 Å². The van der Waals surface area contributed by atoms with Gasteiger partial charge in [0.2, 0.25) is 0 Å². The van der Waals surface area contributed by atoms with E-state index in [1.165, 1.54) is 12.3 Å². The summed E-state index contributed by atoms with van der Waals surface area (Å²) >= 11 is 0. The molecule has 2 aliphatic rings. The third-order valence-electron chi connectivity index (χ3n) is 7.61. The SMILES string of the molecule is COc1cc2c(cc1-c1ccc(N3CCC(O)CC3)nc1)CC(C(C)(C)C)n1cc(C(=O)O)c(=O)cc1-2. The van der Waals surface area contributed by atoms with Crippen molar-refractivity contribution < 1.29 is 19.7 Å². The van der Waals surface area contributed by atoms with Gasteiger partial charge in [0.05, 0.1) is 18.9 Å². The van der Waals surface area contributed by atoms with Gasteiger partial charge in [-0.1, -0.05) is 20.8 Å². The van der Waals surface area contributed by atoms with Gasteiger partial charge in [0, 0.05) is 54.3 Å². The maximum absolute atomic E-state index is 12.7. The molecule has 3 aromatic rings. The highest BCUT2D eigenvalue weighted by molar-refractivity contribution is 5.88. The summed E-state index contributed by atoms with van der Waals surface area (Å²) in [5.41, 5.74) is 3.58. The number of carboxylic acid groups (broad SMARTS) is 1. The molecule has 0 amide bonds. The largest absolute Gasteiger partial charge is 0.496 e. The molecule has 0 saturated carbocycles. The monoisotopic (exact) mass is 503 g/mol. The van der Waals surface area contributed by atoms with Gasteiger partial charge in [0.15, 0.2) is 5.43 Å². The van der Waals surface area contributed by atoms with Crippen LogP contribution in [0.5, 0.6) is 5.75 Å². The van der Waals surface area contributed by atoms with Crippen molar-refractivity contribution in [1.29, 1.82) is 0 Å². The summed E-state index contributed by atoms with van der Waals surface area (Å²) < 4.78 is 7.72. The molecule has 2 N–H and O–H groups in total. The number of nitrogens with zero attached hydrogens (tertiary/aromatic N) is 3. The number of methoxy groups -OCH3 is 1. The summed E-state index contributed by atoms with van der Waals surface area (Å²) in [5.74, 6) is 0.330. The lowest BCUT2D eigenvalue weighted by atomic mass is 9.78. The summed E-state index contributed by atoms with van der Waals surface area (Å²) in [4.78, 5) is 31.3. The molecule has 2 aromatic heterocycles. The Balaban J connectivity index is 1.59. The second kappa shape index (κ2) is 9.34. The third kappa shape index (κ3) is 4.62. The zero-order chi connectivity index (χ0) is 26.5. The molecule has 0 spiro atoms. The van der Waals surface area contributed by atoms with Crippen LogP contribution in [0.15, 0.2) is 47.5 Å². The highest BCUT2D eigenvalue weighted by atomic mass is 16.5. The number of piperidine rings is 1. The number of aliphatic hydroxyl groups is 1. The number of anilines is 1. The minimum atomic E-state index is -1.22. The van der Waals surface area contributed by atoms with Gasteiger partial charge in [0.1, 0.15) is 17.1 Å². The van der Waals surface area contributed by atoms with Crippen molar-refractivity contribution in [2.45, 2.75) is 52.2 Å². The average Bonchev–Trinajstić information content (AvgIpc) is 2.87. The predicted molar refractivity (Wildman–Crippen MR) is 143 cm³/mol. The van der Waals surface area contributed by atoms with Crippen molar-refractivity contribution in [2.24, 2.45) is 5.41 Å². The number of hydrogen-bond acceptors (Lipinski definition) is 6. The highest BCUT2D eigenvalue weighted by Crippen LogP contribution is 2.45. The first-order valence-corrected chi connectivity index (χ1v) is 12.7. The van der Waals surface area contributed by atoms with E-state index in [0.29, 0.717) is 17.9 Å². The molecule has 194 valence electrons. The van der Waals surface area contributed by atoms with E-state index < -0.39 is 11.4 Å². The Morgan fingerprint density at radius 2 is 1.84 bits per heavy atom. The van der Waals surface area contributed by atoms with E-state index in [1.807, 2.05) is 29.0 Å². The number of aromatic carboxylic acids is 1. The highest BCUT2D eigenvalue weighted by Gasteiger charge is 2.34. The van der Waals surface area contributed by atoms with Crippen molar-refractivity contribution >= 4 is 11.8 Å². The summed E-state index contributed by atoms with van der Waals surface area (Å²) in [6.45, 7) is 7.94. The van der Waals surface area contributed by atoms with E-state index in [9.17, 15) is 19.8 Å². The number of carboxylic acids is 1. The summed E-state index contributed by atoms with van der Waals surface area (Å²) in [5, 5.41) is 19.4. The maximum atomic E-state index is 12.7. The smallest absolute Gasteiger partial charge is 0.341 e. The Morgan fingerprint density at radius 3 is 2.43 bits per heavy atom. The quantitative estimate of drug-likeness (QED) is 0.544. The lowest BCUT2D eigenvalue weighted by molar-refractivity contribution is 0.0693. The number of benzene rings is 1. The molecule has 1 atom stereocenters. The lowest BCUT2D eigenvalue weighted by Gasteiger charge is -2.39. The molecule has 2 aliphatic heterocycles. The molecular formula is C29H33N3O5. The van der Waals surface area contributed by atoms with Gasteiger partial charge in [-0.2, -0.15) is 0 Å². The normalized spacial score (nSPS) is 17.8. The van der Waals surface area contributed by atoms with Crippen LogP contribution in [0.2, 0.25) is 0 Å². The molecule has 0 aliphatic carbocycles. The molecule has 8 nitrogen and oxygen atoms in total. The molecule has 4 heterocycles. The number of hydrogen-bond donors (Lipinski definition) is 2. The molecule has 37 heavy (non-hydrogen) atoms. The van der Waals surface area contributed by atoms with Crippen molar-refractivity contribution in [1.82, 2.24) is 9.55 Å². The van der Waals surface area contributed by atoms with Crippen LogP contribution in [0.4, 0.5) is 5.82 Å². The maximum Gasteiger partial charge on any atom is 0.341 e. The van der Waals surface area contributed by atoms with Crippen LogP contribution in [0.3, 0.4) is 0 Å². The van der Waals surface area contributed by atoms with Crippen molar-refractivity contribution in [3.63, 3.8) is 0 Å². The topological polar surface area (TPSA) is 105 Å².